The molecule has 1 aliphatic carbocycles. The molecule has 0 amide bonds. The molecule has 3 fully saturated rings. The van der Waals surface area contributed by atoms with Gasteiger partial charge in [0.15, 0.2) is 0 Å². The lowest BCUT2D eigenvalue weighted by Crippen LogP contribution is -2.46. The molecule has 1 aromatic rings. The van der Waals surface area contributed by atoms with Crippen LogP contribution in [0.4, 0.5) is 4.39 Å². The summed E-state index contributed by atoms with van der Waals surface area (Å²) in [6, 6.07) is 7.93. The van der Waals surface area contributed by atoms with Crippen LogP contribution in [0.15, 0.2) is 24.3 Å². The molecular formula is C19H25ClFNO2. The molecule has 1 aromatic carbocycles. The largest absolute Gasteiger partial charge is 0.460 e. The summed E-state index contributed by atoms with van der Waals surface area (Å²) >= 11 is 6.02. The van der Waals surface area contributed by atoms with Gasteiger partial charge in [-0.2, -0.15) is 0 Å². The Hall–Kier alpha value is -1.13. The molecule has 5 heteroatoms. The molecule has 132 valence electrons. The lowest BCUT2D eigenvalue weighted by molar-refractivity contribution is -0.157. The number of hydrogen-bond donors (Lipinski definition) is 0. The zero-order chi connectivity index (χ0) is 17.3. The van der Waals surface area contributed by atoms with Gasteiger partial charge >= 0.3 is 5.97 Å². The van der Waals surface area contributed by atoms with Gasteiger partial charge in [0.2, 0.25) is 0 Å². The first kappa shape index (κ1) is 17.7. The minimum atomic E-state index is -0.686. The van der Waals surface area contributed by atoms with Crippen molar-refractivity contribution in [3.05, 3.63) is 34.9 Å². The SMILES string of the molecule is C[C@H](C[18F])OC(=O)C1C(c2ccc(Cl)cc2)CC2CCC1N(C)C2. The van der Waals surface area contributed by atoms with E-state index < -0.39 is 12.8 Å². The third kappa shape index (κ3) is 3.60. The number of carbonyl (C=O) groups excluding carboxylic acids is 1. The van der Waals surface area contributed by atoms with Gasteiger partial charge in [-0.15, -0.1) is 0 Å². The molecule has 0 spiro atoms. The average Bonchev–Trinajstić information content (AvgIpc) is 2.83. The zero-order valence-corrected chi connectivity index (χ0v) is 15.0. The second kappa shape index (κ2) is 7.40. The molecule has 4 rings (SSSR count). The second-order valence-corrected chi connectivity index (χ2v) is 7.71. The predicted molar refractivity (Wildman–Crippen MR) is 93.0 cm³/mol. The number of benzene rings is 1. The number of carbonyl (C=O) groups is 1. The van der Waals surface area contributed by atoms with Gasteiger partial charge in [-0.05, 0) is 62.8 Å². The molecule has 2 aliphatic heterocycles. The van der Waals surface area contributed by atoms with Crippen LogP contribution in [0.2, 0.25) is 5.02 Å². The minimum Gasteiger partial charge on any atom is -0.460 e. The molecule has 2 saturated heterocycles. The third-order valence-corrected chi connectivity index (χ3v) is 5.78. The highest BCUT2D eigenvalue weighted by Gasteiger charge is 2.46. The molecule has 3 nitrogen and oxygen atoms in total. The van der Waals surface area contributed by atoms with E-state index >= 15 is 0 Å². The van der Waals surface area contributed by atoms with E-state index in [0.29, 0.717) is 10.9 Å². The topological polar surface area (TPSA) is 29.5 Å². The highest BCUT2D eigenvalue weighted by atomic mass is 35.5. The van der Waals surface area contributed by atoms with Crippen molar-refractivity contribution in [1.29, 1.82) is 0 Å². The van der Waals surface area contributed by atoms with Crippen molar-refractivity contribution in [2.75, 3.05) is 20.3 Å². The molecule has 2 bridgehead atoms. The van der Waals surface area contributed by atoms with Crippen molar-refractivity contribution < 1.29 is 13.9 Å². The summed E-state index contributed by atoms with van der Waals surface area (Å²) in [4.78, 5) is 15.2. The molecule has 0 aromatic heterocycles. The first-order valence-corrected chi connectivity index (χ1v) is 9.09. The normalized spacial score (nSPS) is 31.5. The lowest BCUT2D eigenvalue weighted by Gasteiger charge is -2.37. The van der Waals surface area contributed by atoms with Gasteiger partial charge in [-0.25, -0.2) is 4.39 Å². The number of hydrogen-bond acceptors (Lipinski definition) is 3. The molecule has 3 aliphatic rings. The van der Waals surface area contributed by atoms with Crippen LogP contribution in [0, 0.1) is 11.8 Å². The van der Waals surface area contributed by atoms with Gasteiger partial charge in [0.25, 0.3) is 0 Å². The number of rotatable bonds is 4. The molecule has 4 unspecified atom stereocenters. The summed E-state index contributed by atoms with van der Waals surface area (Å²) in [6.45, 7) is 1.97. The average molecular weight is 353 g/mol. The summed E-state index contributed by atoms with van der Waals surface area (Å²) in [7, 11) is 2.08. The number of piperidine rings is 1. The van der Waals surface area contributed by atoms with Gasteiger partial charge < -0.3 is 9.64 Å². The Morgan fingerprint density at radius 1 is 1.38 bits per heavy atom. The van der Waals surface area contributed by atoms with Crippen LogP contribution in [-0.2, 0) is 9.53 Å². The van der Waals surface area contributed by atoms with Crippen molar-refractivity contribution in [2.45, 2.75) is 44.2 Å². The fourth-order valence-corrected chi connectivity index (χ4v) is 4.49. The van der Waals surface area contributed by atoms with E-state index in [1.807, 2.05) is 24.3 Å². The van der Waals surface area contributed by atoms with Crippen LogP contribution in [0.25, 0.3) is 0 Å². The molecular weight excluding hydrogens is 328 g/mol. The lowest BCUT2D eigenvalue weighted by atomic mass is 9.80. The summed E-state index contributed by atoms with van der Waals surface area (Å²) in [6.07, 6.45) is 2.41. The van der Waals surface area contributed by atoms with Crippen molar-refractivity contribution in [3.8, 4) is 0 Å². The predicted octanol–water partition coefficient (Wildman–Crippen LogP) is 4.06. The van der Waals surface area contributed by atoms with Crippen LogP contribution >= 0.6 is 11.6 Å². The second-order valence-electron chi connectivity index (χ2n) is 7.27. The van der Waals surface area contributed by atoms with E-state index in [1.165, 1.54) is 0 Å². The zero-order valence-electron chi connectivity index (χ0n) is 14.3. The van der Waals surface area contributed by atoms with Gasteiger partial charge in [0, 0.05) is 17.6 Å². The van der Waals surface area contributed by atoms with E-state index in [9.17, 15) is 9.18 Å². The maximum absolute atomic E-state index is 12.9. The number of fused-ring (bicyclic) bond motifs is 4. The fourth-order valence-electron chi connectivity index (χ4n) is 4.36. The Morgan fingerprint density at radius 3 is 2.71 bits per heavy atom. The molecule has 0 radical (unpaired) electrons. The van der Waals surface area contributed by atoms with Crippen LogP contribution < -0.4 is 0 Å². The van der Waals surface area contributed by atoms with Crippen molar-refractivity contribution >= 4 is 17.6 Å². The fraction of sp³-hybridized carbons (Fsp3) is 0.632. The Morgan fingerprint density at radius 2 is 2.08 bits per heavy atom. The Bertz CT molecular complexity index is 579. The monoisotopic (exact) mass is 352 g/mol. The summed E-state index contributed by atoms with van der Waals surface area (Å²) in [5, 5.41) is 0.692. The van der Waals surface area contributed by atoms with Crippen molar-refractivity contribution in [3.63, 3.8) is 0 Å². The van der Waals surface area contributed by atoms with E-state index in [0.717, 1.165) is 31.4 Å². The van der Waals surface area contributed by atoms with E-state index in [2.05, 4.69) is 11.9 Å². The molecule has 1 saturated carbocycles. The maximum Gasteiger partial charge on any atom is 0.311 e. The van der Waals surface area contributed by atoms with Gasteiger partial charge in [-0.1, -0.05) is 23.7 Å². The molecule has 5 atom stereocenters. The molecule has 0 N–H and O–H groups in total. The summed E-state index contributed by atoms with van der Waals surface area (Å²) in [5.41, 5.74) is 1.13. The highest BCUT2D eigenvalue weighted by Crippen LogP contribution is 2.45. The van der Waals surface area contributed by atoms with Gasteiger partial charge in [0.1, 0.15) is 12.8 Å². The number of nitrogens with zero attached hydrogens (tertiary/aromatic N) is 1. The summed E-state index contributed by atoms with van der Waals surface area (Å²) in [5.74, 6) is 0.171. The van der Waals surface area contributed by atoms with Gasteiger partial charge in [-0.3, -0.25) is 4.79 Å². The summed E-state index contributed by atoms with van der Waals surface area (Å²) < 4.78 is 18.2. The first-order chi connectivity index (χ1) is 11.5. The first-order valence-electron chi connectivity index (χ1n) is 8.71. The van der Waals surface area contributed by atoms with E-state index in [4.69, 9.17) is 16.3 Å². The number of alkyl halides is 1. The van der Waals surface area contributed by atoms with E-state index in [-0.39, 0.29) is 23.8 Å². The Balaban J connectivity index is 1.93. The Labute approximate surface area is 148 Å². The Kier molecular flexibility index (Phi) is 5.46. The standard InChI is InChI=1S/C19H25ClFNO2/c1-12(10-21)24-19(23)18-16(14-4-6-15(20)7-5-14)9-13-3-8-17(18)22(2)11-13/h4-7,12-13,16-18H,3,8-11H2,1-2H3/t12-,13?,16?,17?,18?/m1/s1/i21-1. The van der Waals surface area contributed by atoms with Crippen LogP contribution in [-0.4, -0.2) is 43.3 Å². The van der Waals surface area contributed by atoms with Crippen molar-refractivity contribution in [2.24, 2.45) is 11.8 Å². The molecule has 24 heavy (non-hydrogen) atoms. The number of ether oxygens (including phenoxy) is 1. The van der Waals surface area contributed by atoms with Crippen LogP contribution in [0.3, 0.4) is 0 Å². The van der Waals surface area contributed by atoms with Crippen LogP contribution in [0.1, 0.15) is 37.7 Å². The number of halogens is 2. The maximum atomic E-state index is 12.9. The quantitative estimate of drug-likeness (QED) is 0.765. The third-order valence-electron chi connectivity index (χ3n) is 5.52. The minimum absolute atomic E-state index is 0.101. The van der Waals surface area contributed by atoms with Crippen LogP contribution in [0.5, 0.6) is 0 Å². The smallest absolute Gasteiger partial charge is 0.311 e. The van der Waals surface area contributed by atoms with Crippen molar-refractivity contribution in [1.82, 2.24) is 4.90 Å². The molecule has 2 heterocycles. The van der Waals surface area contributed by atoms with Gasteiger partial charge in [0.05, 0.1) is 5.92 Å². The number of esters is 1. The van der Waals surface area contributed by atoms with E-state index in [1.54, 1.807) is 6.92 Å². The highest BCUT2D eigenvalue weighted by molar-refractivity contribution is 6.30.